The van der Waals surface area contributed by atoms with Gasteiger partial charge in [-0.05, 0) is 31.9 Å². The Hall–Kier alpha value is -1.53. The number of likely N-dealkylation sites (tertiary alicyclic amines) is 1. The fraction of sp³-hybridized carbons (Fsp3) is 0.500. The number of pyridine rings is 1. The molecule has 0 saturated carbocycles. The lowest BCUT2D eigenvalue weighted by Crippen LogP contribution is -2.49. The number of rotatable bonds is 3. The van der Waals surface area contributed by atoms with Gasteiger partial charge in [0.05, 0.1) is 5.60 Å². The summed E-state index contributed by atoms with van der Waals surface area (Å²) in [7, 11) is 1.68. The van der Waals surface area contributed by atoms with E-state index in [2.05, 4.69) is 4.98 Å². The van der Waals surface area contributed by atoms with Crippen LogP contribution in [0.5, 0.6) is 0 Å². The van der Waals surface area contributed by atoms with E-state index in [1.54, 1.807) is 24.1 Å². The van der Waals surface area contributed by atoms with E-state index in [-0.39, 0.29) is 16.5 Å². The lowest BCUT2D eigenvalue weighted by atomic mass is 9.94. The highest BCUT2D eigenvalue weighted by atomic mass is 32.1. The fourth-order valence-electron chi connectivity index (χ4n) is 2.37. The number of nitrogens with two attached hydrogens (primary N) is 1. The molecule has 1 unspecified atom stereocenters. The Morgan fingerprint density at radius 2 is 2.30 bits per heavy atom. The first kappa shape index (κ1) is 14.9. The molecule has 0 bridgehead atoms. The summed E-state index contributed by atoms with van der Waals surface area (Å²) in [5, 5.41) is 0. The lowest BCUT2D eigenvalue weighted by Gasteiger charge is -2.39. The molecule has 0 aromatic carbocycles. The summed E-state index contributed by atoms with van der Waals surface area (Å²) in [4.78, 5) is 18.6. The van der Waals surface area contributed by atoms with Crippen LogP contribution >= 0.6 is 12.2 Å². The minimum Gasteiger partial charge on any atom is -0.389 e. The Morgan fingerprint density at radius 3 is 2.85 bits per heavy atom. The average Bonchev–Trinajstić information content (AvgIpc) is 2.46. The van der Waals surface area contributed by atoms with Crippen LogP contribution in [0.15, 0.2) is 18.3 Å². The van der Waals surface area contributed by atoms with Crippen molar-refractivity contribution in [2.75, 3.05) is 20.2 Å². The molecule has 1 aromatic rings. The average molecular weight is 293 g/mol. The third-order valence-electron chi connectivity index (χ3n) is 3.71. The van der Waals surface area contributed by atoms with Gasteiger partial charge in [-0.15, -0.1) is 0 Å². The van der Waals surface area contributed by atoms with Gasteiger partial charge in [0.25, 0.3) is 5.91 Å². The van der Waals surface area contributed by atoms with Crippen molar-refractivity contribution in [3.8, 4) is 0 Å². The first-order valence-corrected chi connectivity index (χ1v) is 6.96. The number of carbonyl (C=O) groups excluding carboxylic acids is 1. The first-order chi connectivity index (χ1) is 9.45. The van der Waals surface area contributed by atoms with Gasteiger partial charge in [-0.1, -0.05) is 12.2 Å². The molecule has 1 amide bonds. The standard InChI is InChI=1S/C14H19N3O2S/c1-14(19-2)6-3-7-17(9-14)13(18)11-5-4-10(8-16-11)12(15)20/h4-5,8H,3,6-7,9H2,1-2H3,(H2,15,20). The van der Waals surface area contributed by atoms with E-state index in [1.807, 2.05) is 6.92 Å². The zero-order valence-corrected chi connectivity index (χ0v) is 12.6. The molecule has 2 rings (SSSR count). The van der Waals surface area contributed by atoms with Gasteiger partial charge in [0.1, 0.15) is 10.7 Å². The summed E-state index contributed by atoms with van der Waals surface area (Å²) in [5.74, 6) is -0.0811. The molecule has 108 valence electrons. The number of piperidine rings is 1. The van der Waals surface area contributed by atoms with E-state index < -0.39 is 0 Å². The predicted octanol–water partition coefficient (Wildman–Crippen LogP) is 1.36. The van der Waals surface area contributed by atoms with Crippen molar-refractivity contribution in [3.63, 3.8) is 0 Å². The molecule has 2 heterocycles. The van der Waals surface area contributed by atoms with Crippen LogP contribution in [-0.2, 0) is 4.74 Å². The van der Waals surface area contributed by atoms with E-state index in [1.165, 1.54) is 6.20 Å². The molecule has 1 saturated heterocycles. The largest absolute Gasteiger partial charge is 0.389 e. The third-order valence-corrected chi connectivity index (χ3v) is 3.94. The van der Waals surface area contributed by atoms with E-state index in [0.717, 1.165) is 19.4 Å². The molecule has 0 aliphatic carbocycles. The highest BCUT2D eigenvalue weighted by molar-refractivity contribution is 7.80. The second-order valence-corrected chi connectivity index (χ2v) is 5.72. The normalized spacial score (nSPS) is 22.6. The van der Waals surface area contributed by atoms with Crippen LogP contribution in [0.2, 0.25) is 0 Å². The molecular formula is C14H19N3O2S. The number of ether oxygens (including phenoxy) is 1. The van der Waals surface area contributed by atoms with Gasteiger partial charge in [0, 0.05) is 32.0 Å². The summed E-state index contributed by atoms with van der Waals surface area (Å²) in [6.45, 7) is 3.34. The molecule has 1 aliphatic heterocycles. The minimum absolute atomic E-state index is 0.0811. The maximum atomic E-state index is 12.4. The molecule has 2 N–H and O–H groups in total. The first-order valence-electron chi connectivity index (χ1n) is 6.55. The van der Waals surface area contributed by atoms with Crippen LogP contribution in [-0.4, -0.2) is 46.6 Å². The molecule has 6 heteroatoms. The van der Waals surface area contributed by atoms with Gasteiger partial charge in [-0.2, -0.15) is 0 Å². The Balaban J connectivity index is 2.12. The number of hydrogen-bond acceptors (Lipinski definition) is 4. The van der Waals surface area contributed by atoms with E-state index in [0.29, 0.717) is 17.8 Å². The van der Waals surface area contributed by atoms with Crippen molar-refractivity contribution in [1.29, 1.82) is 0 Å². The third kappa shape index (κ3) is 3.13. The van der Waals surface area contributed by atoms with Crippen molar-refractivity contribution in [2.45, 2.75) is 25.4 Å². The molecule has 20 heavy (non-hydrogen) atoms. The number of hydrogen-bond donors (Lipinski definition) is 1. The van der Waals surface area contributed by atoms with Gasteiger partial charge in [-0.3, -0.25) is 9.78 Å². The Labute approximate surface area is 124 Å². The van der Waals surface area contributed by atoms with E-state index in [4.69, 9.17) is 22.7 Å². The Kier molecular flexibility index (Phi) is 4.35. The predicted molar refractivity (Wildman–Crippen MR) is 80.7 cm³/mol. The Morgan fingerprint density at radius 1 is 1.55 bits per heavy atom. The van der Waals surface area contributed by atoms with Crippen molar-refractivity contribution in [3.05, 3.63) is 29.6 Å². The van der Waals surface area contributed by atoms with Crippen LogP contribution in [0.1, 0.15) is 35.8 Å². The summed E-state index contributed by atoms with van der Waals surface area (Å²) in [6.07, 6.45) is 3.43. The monoisotopic (exact) mass is 293 g/mol. The number of thiocarbonyl (C=S) groups is 1. The van der Waals surface area contributed by atoms with Gasteiger partial charge >= 0.3 is 0 Å². The molecule has 0 radical (unpaired) electrons. The maximum absolute atomic E-state index is 12.4. The summed E-state index contributed by atoms with van der Waals surface area (Å²) >= 11 is 4.87. The lowest BCUT2D eigenvalue weighted by molar-refractivity contribution is -0.0441. The van der Waals surface area contributed by atoms with Crippen molar-refractivity contribution in [2.24, 2.45) is 5.73 Å². The summed E-state index contributed by atoms with van der Waals surface area (Å²) in [6, 6.07) is 3.39. The summed E-state index contributed by atoms with van der Waals surface area (Å²) in [5.41, 5.74) is 6.32. The zero-order valence-electron chi connectivity index (χ0n) is 11.8. The smallest absolute Gasteiger partial charge is 0.272 e. The van der Waals surface area contributed by atoms with Crippen LogP contribution in [0.4, 0.5) is 0 Å². The van der Waals surface area contributed by atoms with Crippen molar-refractivity contribution >= 4 is 23.1 Å². The molecule has 0 spiro atoms. The number of aromatic nitrogens is 1. The highest BCUT2D eigenvalue weighted by Gasteiger charge is 2.33. The fourth-order valence-corrected chi connectivity index (χ4v) is 2.49. The van der Waals surface area contributed by atoms with Crippen LogP contribution in [0.25, 0.3) is 0 Å². The van der Waals surface area contributed by atoms with Gasteiger partial charge in [0.2, 0.25) is 0 Å². The van der Waals surface area contributed by atoms with Crippen molar-refractivity contribution < 1.29 is 9.53 Å². The number of methoxy groups -OCH3 is 1. The van der Waals surface area contributed by atoms with Crippen molar-refractivity contribution in [1.82, 2.24) is 9.88 Å². The Bertz CT molecular complexity index is 518. The quantitative estimate of drug-likeness (QED) is 0.852. The maximum Gasteiger partial charge on any atom is 0.272 e. The topological polar surface area (TPSA) is 68.5 Å². The number of amides is 1. The van der Waals surface area contributed by atoms with Gasteiger partial charge in [0.15, 0.2) is 0 Å². The number of nitrogens with zero attached hydrogens (tertiary/aromatic N) is 2. The van der Waals surface area contributed by atoms with E-state index >= 15 is 0 Å². The zero-order chi connectivity index (χ0) is 14.8. The van der Waals surface area contributed by atoms with Crippen LogP contribution in [0.3, 0.4) is 0 Å². The molecular weight excluding hydrogens is 274 g/mol. The molecule has 1 fully saturated rings. The van der Waals surface area contributed by atoms with E-state index in [9.17, 15) is 4.79 Å². The van der Waals surface area contributed by atoms with Gasteiger partial charge < -0.3 is 15.4 Å². The molecule has 1 aromatic heterocycles. The summed E-state index contributed by atoms with van der Waals surface area (Å²) < 4.78 is 5.50. The second kappa shape index (κ2) is 5.85. The van der Waals surface area contributed by atoms with Crippen LogP contribution in [0, 0.1) is 0 Å². The molecule has 5 nitrogen and oxygen atoms in total. The molecule has 1 atom stereocenters. The highest BCUT2D eigenvalue weighted by Crippen LogP contribution is 2.24. The number of carbonyl (C=O) groups is 1. The van der Waals surface area contributed by atoms with Crippen LogP contribution < -0.4 is 5.73 Å². The second-order valence-electron chi connectivity index (χ2n) is 5.28. The minimum atomic E-state index is -0.271. The SMILES string of the molecule is COC1(C)CCCN(C(=O)c2ccc(C(N)=S)cn2)C1. The van der Waals surface area contributed by atoms with Gasteiger partial charge in [-0.25, -0.2) is 0 Å². The molecule has 1 aliphatic rings.